The summed E-state index contributed by atoms with van der Waals surface area (Å²) in [6.07, 6.45) is -0.553. The Kier molecular flexibility index (Phi) is 5.65. The van der Waals surface area contributed by atoms with E-state index in [-0.39, 0.29) is 29.9 Å². The number of rotatable bonds is 7. The molecule has 1 amide bonds. The van der Waals surface area contributed by atoms with Crippen LogP contribution in [0.3, 0.4) is 0 Å². The number of β-lactam (4-membered cyclic amide) rings is 1. The van der Waals surface area contributed by atoms with E-state index in [0.29, 0.717) is 29.0 Å². The van der Waals surface area contributed by atoms with E-state index < -0.39 is 22.9 Å². The van der Waals surface area contributed by atoms with E-state index >= 15 is 0 Å². The highest BCUT2D eigenvalue weighted by atomic mass is 16.6. The summed E-state index contributed by atoms with van der Waals surface area (Å²) < 4.78 is 11.0. The van der Waals surface area contributed by atoms with E-state index in [9.17, 15) is 24.8 Å². The van der Waals surface area contributed by atoms with Crippen LogP contribution in [0, 0.1) is 16.0 Å². The van der Waals surface area contributed by atoms with Gasteiger partial charge in [0.15, 0.2) is 5.76 Å². The second-order valence-electron chi connectivity index (χ2n) is 8.52. The molecule has 3 heterocycles. The standard InChI is InChI=1S/C25H21N3O7/c1-14(29)22-20-11-18(21-12-19(26-35-21)16-5-3-2-4-6-16)23(27(20)24(22)30)25(31)34-13-15-7-9-17(10-8-15)28(32)33/h2-10,12,14,20,22,29H,11,13H2,1H3/t14-,20-,22-/m1/s1. The van der Waals surface area contributed by atoms with E-state index in [1.165, 1.54) is 29.2 Å². The fourth-order valence-electron chi connectivity index (χ4n) is 4.57. The van der Waals surface area contributed by atoms with E-state index in [0.717, 1.165) is 5.56 Å². The molecule has 2 aromatic carbocycles. The number of carbonyl (C=O) groups is 2. The van der Waals surface area contributed by atoms with Gasteiger partial charge in [-0.1, -0.05) is 35.5 Å². The van der Waals surface area contributed by atoms with Crippen molar-refractivity contribution in [2.45, 2.75) is 32.1 Å². The van der Waals surface area contributed by atoms with Crippen LogP contribution in [0.2, 0.25) is 0 Å². The molecule has 1 N–H and O–H groups in total. The lowest BCUT2D eigenvalue weighted by molar-refractivity contribution is -0.384. The summed E-state index contributed by atoms with van der Waals surface area (Å²) in [5.41, 5.74) is 2.45. The van der Waals surface area contributed by atoms with Gasteiger partial charge >= 0.3 is 5.97 Å². The molecule has 0 aliphatic carbocycles. The summed E-state index contributed by atoms with van der Waals surface area (Å²) in [4.78, 5) is 37.6. The van der Waals surface area contributed by atoms with Gasteiger partial charge in [-0.2, -0.15) is 0 Å². The molecule has 0 bridgehead atoms. The van der Waals surface area contributed by atoms with Crippen molar-refractivity contribution in [2.24, 2.45) is 5.92 Å². The van der Waals surface area contributed by atoms with E-state index in [2.05, 4.69) is 5.16 Å². The first-order chi connectivity index (χ1) is 16.8. The zero-order valence-electron chi connectivity index (χ0n) is 18.7. The molecule has 178 valence electrons. The van der Waals surface area contributed by atoms with Crippen LogP contribution in [0.4, 0.5) is 5.69 Å². The summed E-state index contributed by atoms with van der Waals surface area (Å²) in [6, 6.07) is 16.4. The number of amides is 1. The molecule has 0 unspecified atom stereocenters. The number of aliphatic hydroxyl groups excluding tert-OH is 1. The summed E-state index contributed by atoms with van der Waals surface area (Å²) in [5.74, 6) is -1.36. The number of nitrogens with zero attached hydrogens (tertiary/aromatic N) is 3. The third-order valence-electron chi connectivity index (χ3n) is 6.32. The van der Waals surface area contributed by atoms with Gasteiger partial charge in [-0.3, -0.25) is 14.9 Å². The van der Waals surface area contributed by atoms with Gasteiger partial charge < -0.3 is 19.3 Å². The Morgan fingerprint density at radius 3 is 2.63 bits per heavy atom. The molecule has 5 rings (SSSR count). The third kappa shape index (κ3) is 3.97. The molecule has 35 heavy (non-hydrogen) atoms. The molecule has 10 heteroatoms. The minimum atomic E-state index is -0.866. The Bertz CT molecular complexity index is 1330. The van der Waals surface area contributed by atoms with Crippen LogP contribution in [0.25, 0.3) is 16.8 Å². The molecule has 1 aromatic heterocycles. The van der Waals surface area contributed by atoms with Crippen molar-refractivity contribution >= 4 is 23.1 Å². The number of aromatic nitrogens is 1. The van der Waals surface area contributed by atoms with Crippen LogP contribution >= 0.6 is 0 Å². The monoisotopic (exact) mass is 475 g/mol. The summed E-state index contributed by atoms with van der Waals surface area (Å²) in [5, 5.41) is 25.0. The maximum atomic E-state index is 13.2. The van der Waals surface area contributed by atoms with Crippen LogP contribution in [0.15, 0.2) is 70.9 Å². The summed E-state index contributed by atoms with van der Waals surface area (Å²) in [7, 11) is 0. The molecule has 3 atom stereocenters. The van der Waals surface area contributed by atoms with Gasteiger partial charge in [0, 0.05) is 35.8 Å². The maximum Gasteiger partial charge on any atom is 0.355 e. The fourth-order valence-corrected chi connectivity index (χ4v) is 4.57. The number of carbonyl (C=O) groups excluding carboxylic acids is 2. The lowest BCUT2D eigenvalue weighted by Gasteiger charge is -2.44. The molecule has 0 spiro atoms. The van der Waals surface area contributed by atoms with Crippen LogP contribution < -0.4 is 0 Å². The number of fused-ring (bicyclic) bond motifs is 1. The van der Waals surface area contributed by atoms with Gasteiger partial charge in [0.25, 0.3) is 5.69 Å². The van der Waals surface area contributed by atoms with Crippen molar-refractivity contribution in [3.05, 3.63) is 87.8 Å². The number of hydrogen-bond acceptors (Lipinski definition) is 8. The van der Waals surface area contributed by atoms with Gasteiger partial charge in [0.1, 0.15) is 18.0 Å². The smallest absolute Gasteiger partial charge is 0.355 e. The second-order valence-corrected chi connectivity index (χ2v) is 8.52. The molecule has 1 saturated heterocycles. The Labute approximate surface area is 199 Å². The topological polar surface area (TPSA) is 136 Å². The van der Waals surface area contributed by atoms with Gasteiger partial charge in [-0.05, 0) is 24.6 Å². The van der Waals surface area contributed by atoms with Gasteiger partial charge in [0.05, 0.1) is 23.0 Å². The highest BCUT2D eigenvalue weighted by molar-refractivity contribution is 6.06. The van der Waals surface area contributed by atoms with E-state index in [4.69, 9.17) is 9.26 Å². The number of esters is 1. The van der Waals surface area contributed by atoms with Gasteiger partial charge in [-0.15, -0.1) is 0 Å². The molecule has 2 aliphatic rings. The minimum Gasteiger partial charge on any atom is -0.456 e. The lowest BCUT2D eigenvalue weighted by atomic mass is 9.83. The van der Waals surface area contributed by atoms with Crippen molar-refractivity contribution in [1.82, 2.24) is 10.1 Å². The minimum absolute atomic E-state index is 0.0644. The zero-order valence-corrected chi connectivity index (χ0v) is 18.7. The predicted octanol–water partition coefficient (Wildman–Crippen LogP) is 3.32. The van der Waals surface area contributed by atoms with Crippen molar-refractivity contribution in [3.63, 3.8) is 0 Å². The fraction of sp³-hybridized carbons (Fsp3) is 0.240. The van der Waals surface area contributed by atoms with Crippen molar-refractivity contribution < 1.29 is 28.9 Å². The largest absolute Gasteiger partial charge is 0.456 e. The number of nitro groups is 1. The predicted molar refractivity (Wildman–Crippen MR) is 122 cm³/mol. The Morgan fingerprint density at radius 2 is 1.97 bits per heavy atom. The number of ether oxygens (including phenoxy) is 1. The zero-order chi connectivity index (χ0) is 24.7. The Morgan fingerprint density at radius 1 is 1.26 bits per heavy atom. The number of hydrogen-bond donors (Lipinski definition) is 1. The summed E-state index contributed by atoms with van der Waals surface area (Å²) >= 11 is 0. The van der Waals surface area contributed by atoms with Crippen molar-refractivity contribution in [3.8, 4) is 11.3 Å². The second kappa shape index (κ2) is 8.80. The van der Waals surface area contributed by atoms with Crippen LogP contribution in [-0.4, -0.2) is 44.1 Å². The average molecular weight is 475 g/mol. The van der Waals surface area contributed by atoms with Crippen molar-refractivity contribution in [1.29, 1.82) is 0 Å². The van der Waals surface area contributed by atoms with Gasteiger partial charge in [-0.25, -0.2) is 4.79 Å². The number of non-ortho nitro benzene ring substituents is 1. The highest BCUT2D eigenvalue weighted by Crippen LogP contribution is 2.47. The molecule has 1 fully saturated rings. The molecular formula is C25H21N3O7. The van der Waals surface area contributed by atoms with E-state index in [1.54, 1.807) is 13.0 Å². The average Bonchev–Trinajstić information content (AvgIpc) is 3.46. The molecular weight excluding hydrogens is 454 g/mol. The number of benzene rings is 2. The number of nitro benzene ring substituents is 1. The summed E-state index contributed by atoms with van der Waals surface area (Å²) in [6.45, 7) is 1.41. The quantitative estimate of drug-likeness (QED) is 0.238. The van der Waals surface area contributed by atoms with Crippen molar-refractivity contribution in [2.75, 3.05) is 0 Å². The maximum absolute atomic E-state index is 13.2. The number of aliphatic hydroxyl groups is 1. The molecule has 3 aromatic rings. The highest BCUT2D eigenvalue weighted by Gasteiger charge is 2.57. The Balaban J connectivity index is 1.43. The van der Waals surface area contributed by atoms with Crippen LogP contribution in [0.5, 0.6) is 0 Å². The Hall–Kier alpha value is -4.31. The van der Waals surface area contributed by atoms with Gasteiger partial charge in [0.2, 0.25) is 5.91 Å². The first kappa shape index (κ1) is 22.5. The molecule has 0 radical (unpaired) electrons. The van der Waals surface area contributed by atoms with E-state index in [1.807, 2.05) is 30.3 Å². The molecule has 2 aliphatic heterocycles. The SMILES string of the molecule is C[C@@H](O)[C@H]1C(=O)N2C(C(=O)OCc3ccc([N+](=O)[O-])cc3)=C(c3cc(-c4ccccc4)no3)C[C@H]12. The first-order valence-electron chi connectivity index (χ1n) is 11.0. The lowest BCUT2D eigenvalue weighted by Crippen LogP contribution is -2.61. The third-order valence-corrected chi connectivity index (χ3v) is 6.32. The van der Waals surface area contributed by atoms with Crippen LogP contribution in [-0.2, 0) is 20.9 Å². The first-order valence-corrected chi connectivity index (χ1v) is 11.0. The van der Waals surface area contributed by atoms with Crippen LogP contribution in [0.1, 0.15) is 24.7 Å². The molecule has 0 saturated carbocycles. The normalized spacial score (nSPS) is 19.8. The molecule has 10 nitrogen and oxygen atoms in total.